The summed E-state index contributed by atoms with van der Waals surface area (Å²) in [5.41, 5.74) is 8.58. The number of fused-ring (bicyclic) bond motifs is 1. The first-order chi connectivity index (χ1) is 6.24. The Morgan fingerprint density at radius 2 is 2.31 bits per heavy atom. The van der Waals surface area contributed by atoms with Gasteiger partial charge in [0.05, 0.1) is 10.6 Å². The van der Waals surface area contributed by atoms with E-state index in [2.05, 4.69) is 6.07 Å². The summed E-state index contributed by atoms with van der Waals surface area (Å²) in [4.78, 5) is 0. The molecule has 66 valence electrons. The number of hydrogen-bond acceptors (Lipinski definition) is 2. The molecule has 1 atom stereocenters. The molecule has 2 N–H and O–H groups in total. The third-order valence-electron chi connectivity index (χ3n) is 2.50. The Hall–Kier alpha value is -1.04. The number of rotatable bonds is 0. The highest BCUT2D eigenvalue weighted by atomic mass is 35.5. The third-order valence-corrected chi connectivity index (χ3v) is 2.94. The Morgan fingerprint density at radius 1 is 1.54 bits per heavy atom. The van der Waals surface area contributed by atoms with Crippen molar-refractivity contribution >= 4 is 11.6 Å². The minimum atomic E-state index is 0.0974. The maximum absolute atomic E-state index is 8.75. The van der Waals surface area contributed by atoms with E-state index in [-0.39, 0.29) is 6.04 Å². The van der Waals surface area contributed by atoms with E-state index in [9.17, 15) is 0 Å². The normalized spacial score (nSPS) is 19.6. The lowest BCUT2D eigenvalue weighted by atomic mass is 10.1. The molecule has 1 aromatic rings. The van der Waals surface area contributed by atoms with E-state index < -0.39 is 0 Å². The largest absolute Gasteiger partial charge is 0.324 e. The highest BCUT2D eigenvalue weighted by Gasteiger charge is 2.22. The van der Waals surface area contributed by atoms with Crippen molar-refractivity contribution in [3.63, 3.8) is 0 Å². The van der Waals surface area contributed by atoms with Gasteiger partial charge in [0.15, 0.2) is 0 Å². The van der Waals surface area contributed by atoms with E-state index in [0.29, 0.717) is 10.6 Å². The van der Waals surface area contributed by atoms with Gasteiger partial charge in [0.1, 0.15) is 6.07 Å². The van der Waals surface area contributed by atoms with Crippen LogP contribution in [0.15, 0.2) is 12.1 Å². The van der Waals surface area contributed by atoms with Crippen molar-refractivity contribution < 1.29 is 0 Å². The molecule has 0 radical (unpaired) electrons. The van der Waals surface area contributed by atoms with Crippen LogP contribution >= 0.6 is 11.6 Å². The maximum atomic E-state index is 8.75. The van der Waals surface area contributed by atoms with Gasteiger partial charge < -0.3 is 5.73 Å². The predicted molar refractivity (Wildman–Crippen MR) is 51.4 cm³/mol. The molecule has 0 aromatic heterocycles. The van der Waals surface area contributed by atoms with Crippen LogP contribution in [0.4, 0.5) is 0 Å². The van der Waals surface area contributed by atoms with Crippen LogP contribution in [0.2, 0.25) is 5.02 Å². The van der Waals surface area contributed by atoms with Crippen LogP contribution in [0, 0.1) is 11.3 Å². The predicted octanol–water partition coefficient (Wildman–Crippen LogP) is 2.16. The standard InChI is InChI=1S/C10H9ClN2/c11-10-6(5-12)1-2-7-8(10)3-4-9(7)13/h1-2,9H,3-4,13H2. The van der Waals surface area contributed by atoms with Crippen molar-refractivity contribution in [3.8, 4) is 6.07 Å². The van der Waals surface area contributed by atoms with Crippen LogP contribution < -0.4 is 5.73 Å². The Balaban J connectivity index is 2.62. The van der Waals surface area contributed by atoms with Gasteiger partial charge in [-0.2, -0.15) is 5.26 Å². The first-order valence-electron chi connectivity index (χ1n) is 4.21. The monoisotopic (exact) mass is 192 g/mol. The van der Waals surface area contributed by atoms with Gasteiger partial charge in [-0.1, -0.05) is 17.7 Å². The number of nitriles is 1. The molecule has 0 saturated carbocycles. The molecule has 3 heteroatoms. The Kier molecular flexibility index (Phi) is 1.99. The molecule has 1 unspecified atom stereocenters. The highest BCUT2D eigenvalue weighted by molar-refractivity contribution is 6.32. The molecule has 2 nitrogen and oxygen atoms in total. The molecule has 0 aliphatic heterocycles. The number of nitrogens with two attached hydrogens (primary N) is 1. The zero-order valence-electron chi connectivity index (χ0n) is 7.05. The lowest BCUT2D eigenvalue weighted by molar-refractivity contribution is 0.713. The van der Waals surface area contributed by atoms with Crippen molar-refractivity contribution in [1.29, 1.82) is 5.26 Å². The molecule has 0 heterocycles. The fourth-order valence-electron chi connectivity index (χ4n) is 1.78. The first kappa shape index (κ1) is 8.55. The number of nitrogens with zero attached hydrogens (tertiary/aromatic N) is 1. The molecule has 2 rings (SSSR count). The van der Waals surface area contributed by atoms with Crippen LogP contribution in [-0.4, -0.2) is 0 Å². The summed E-state index contributed by atoms with van der Waals surface area (Å²) in [6, 6.07) is 5.82. The van der Waals surface area contributed by atoms with Crippen molar-refractivity contribution in [2.75, 3.05) is 0 Å². The molecule has 0 bridgehead atoms. The van der Waals surface area contributed by atoms with Crippen LogP contribution in [0.3, 0.4) is 0 Å². The summed E-state index contributed by atoms with van der Waals surface area (Å²) in [7, 11) is 0. The average molecular weight is 193 g/mol. The molecule has 1 aliphatic carbocycles. The summed E-state index contributed by atoms with van der Waals surface area (Å²) >= 11 is 6.04. The average Bonchev–Trinajstić information content (AvgIpc) is 2.50. The Bertz CT molecular complexity index is 393. The molecule has 0 spiro atoms. The maximum Gasteiger partial charge on any atom is 0.101 e. The lowest BCUT2D eigenvalue weighted by Crippen LogP contribution is -2.05. The second-order valence-electron chi connectivity index (χ2n) is 3.25. The van der Waals surface area contributed by atoms with Crippen LogP contribution in [0.1, 0.15) is 29.2 Å². The summed E-state index contributed by atoms with van der Waals surface area (Å²) in [5, 5.41) is 9.34. The summed E-state index contributed by atoms with van der Waals surface area (Å²) in [6.45, 7) is 0. The molecule has 0 amide bonds. The van der Waals surface area contributed by atoms with Crippen LogP contribution in [0.25, 0.3) is 0 Å². The smallest absolute Gasteiger partial charge is 0.101 e. The number of hydrogen-bond donors (Lipinski definition) is 1. The Labute approximate surface area is 81.9 Å². The molecular weight excluding hydrogens is 184 g/mol. The third kappa shape index (κ3) is 1.21. The molecule has 13 heavy (non-hydrogen) atoms. The summed E-state index contributed by atoms with van der Waals surface area (Å²) in [5.74, 6) is 0. The first-order valence-corrected chi connectivity index (χ1v) is 4.59. The number of halogens is 1. The second kappa shape index (κ2) is 3.02. The van der Waals surface area contributed by atoms with Crippen LogP contribution in [0.5, 0.6) is 0 Å². The van der Waals surface area contributed by atoms with Crippen LogP contribution in [-0.2, 0) is 6.42 Å². The molecule has 1 aliphatic rings. The highest BCUT2D eigenvalue weighted by Crippen LogP contribution is 2.35. The van der Waals surface area contributed by atoms with Gasteiger partial charge in [0.25, 0.3) is 0 Å². The zero-order valence-corrected chi connectivity index (χ0v) is 7.80. The van der Waals surface area contributed by atoms with E-state index in [1.54, 1.807) is 6.07 Å². The van der Waals surface area contributed by atoms with Crippen molar-refractivity contribution in [1.82, 2.24) is 0 Å². The topological polar surface area (TPSA) is 49.8 Å². The zero-order chi connectivity index (χ0) is 9.42. The SMILES string of the molecule is N#Cc1ccc2c(c1Cl)CCC2N. The van der Waals surface area contributed by atoms with Gasteiger partial charge in [0, 0.05) is 6.04 Å². The summed E-state index contributed by atoms with van der Waals surface area (Å²) in [6.07, 6.45) is 1.83. The van der Waals surface area contributed by atoms with Gasteiger partial charge in [-0.3, -0.25) is 0 Å². The van der Waals surface area contributed by atoms with E-state index in [1.807, 2.05) is 6.07 Å². The summed E-state index contributed by atoms with van der Waals surface area (Å²) < 4.78 is 0. The molecule has 0 saturated heterocycles. The van der Waals surface area contributed by atoms with E-state index in [1.165, 1.54) is 0 Å². The van der Waals surface area contributed by atoms with E-state index in [0.717, 1.165) is 24.0 Å². The fourth-order valence-corrected chi connectivity index (χ4v) is 2.09. The molecule has 1 aromatic carbocycles. The fraction of sp³-hybridized carbons (Fsp3) is 0.300. The molecule has 0 fully saturated rings. The van der Waals surface area contributed by atoms with Gasteiger partial charge >= 0.3 is 0 Å². The van der Waals surface area contributed by atoms with Crippen molar-refractivity contribution in [2.24, 2.45) is 5.73 Å². The molecular formula is C10H9ClN2. The van der Waals surface area contributed by atoms with E-state index >= 15 is 0 Å². The van der Waals surface area contributed by atoms with Gasteiger partial charge in [-0.05, 0) is 30.0 Å². The van der Waals surface area contributed by atoms with E-state index in [4.69, 9.17) is 22.6 Å². The quantitative estimate of drug-likeness (QED) is 0.685. The second-order valence-corrected chi connectivity index (χ2v) is 3.63. The minimum Gasteiger partial charge on any atom is -0.324 e. The number of benzene rings is 1. The lowest BCUT2D eigenvalue weighted by Gasteiger charge is -2.05. The van der Waals surface area contributed by atoms with Crippen molar-refractivity contribution in [3.05, 3.63) is 33.8 Å². The Morgan fingerprint density at radius 3 is 3.00 bits per heavy atom. The minimum absolute atomic E-state index is 0.0974. The van der Waals surface area contributed by atoms with Gasteiger partial charge in [-0.15, -0.1) is 0 Å². The van der Waals surface area contributed by atoms with Crippen molar-refractivity contribution in [2.45, 2.75) is 18.9 Å². The van der Waals surface area contributed by atoms with Gasteiger partial charge in [0.2, 0.25) is 0 Å². The van der Waals surface area contributed by atoms with Gasteiger partial charge in [-0.25, -0.2) is 0 Å².